The van der Waals surface area contributed by atoms with Gasteiger partial charge in [0, 0.05) is 16.5 Å². The SMILES string of the molecule is COc1ccc([C@@H]2C(C(=O)OC(C)C)=C(C)N=c3s/c(=C/c4c(-c5ccccc5)[nH]c5c(C)cccc45)c(=O)n32)cc1. The van der Waals surface area contributed by atoms with Crippen molar-refractivity contribution in [2.45, 2.75) is 39.8 Å². The minimum Gasteiger partial charge on any atom is -0.497 e. The van der Waals surface area contributed by atoms with E-state index in [9.17, 15) is 9.59 Å². The lowest BCUT2D eigenvalue weighted by Gasteiger charge is -2.25. The predicted molar refractivity (Wildman–Crippen MR) is 166 cm³/mol. The molecule has 6 rings (SSSR count). The highest BCUT2D eigenvalue weighted by Crippen LogP contribution is 2.34. The van der Waals surface area contributed by atoms with Crippen molar-refractivity contribution in [1.29, 1.82) is 0 Å². The minimum atomic E-state index is -0.695. The molecule has 8 heteroatoms. The third-order valence-electron chi connectivity index (χ3n) is 7.44. The molecular formula is C34H31N3O4S. The van der Waals surface area contributed by atoms with Crippen LogP contribution < -0.4 is 19.6 Å². The molecule has 5 aromatic rings. The number of nitrogens with one attached hydrogen (secondary N) is 1. The second-order valence-corrected chi connectivity index (χ2v) is 11.6. The lowest BCUT2D eigenvalue weighted by molar-refractivity contribution is -0.143. The Morgan fingerprint density at radius 3 is 2.45 bits per heavy atom. The van der Waals surface area contributed by atoms with Crippen LogP contribution in [0.4, 0.5) is 0 Å². The largest absolute Gasteiger partial charge is 0.497 e. The number of methoxy groups -OCH3 is 1. The topological polar surface area (TPSA) is 85.7 Å². The molecule has 7 nitrogen and oxygen atoms in total. The highest BCUT2D eigenvalue weighted by molar-refractivity contribution is 7.07. The van der Waals surface area contributed by atoms with Crippen LogP contribution in [0.5, 0.6) is 5.75 Å². The van der Waals surface area contributed by atoms with Crippen molar-refractivity contribution in [1.82, 2.24) is 9.55 Å². The standard InChI is InChI=1S/C34H31N3O4S/c1-19(2)41-33(39)28-21(4)35-34-37(31(28)23-14-16-24(40-5)17-15-23)32(38)27(42-34)18-26-25-13-9-10-20(3)29(25)36-30(26)22-11-7-6-8-12-22/h6-19,31,36H,1-5H3/b27-18+/t31-/m1/s1. The molecule has 0 radical (unpaired) electrons. The van der Waals surface area contributed by atoms with Crippen LogP contribution in [-0.4, -0.2) is 28.7 Å². The van der Waals surface area contributed by atoms with Crippen LogP contribution >= 0.6 is 11.3 Å². The second kappa shape index (κ2) is 10.9. The number of benzene rings is 3. The summed E-state index contributed by atoms with van der Waals surface area (Å²) in [6.07, 6.45) is 1.63. The Kier molecular flexibility index (Phi) is 7.16. The van der Waals surface area contributed by atoms with Crippen molar-refractivity contribution >= 4 is 34.3 Å². The van der Waals surface area contributed by atoms with Crippen molar-refractivity contribution in [2.24, 2.45) is 4.99 Å². The third-order valence-corrected chi connectivity index (χ3v) is 8.42. The summed E-state index contributed by atoms with van der Waals surface area (Å²) in [5, 5.41) is 1.03. The summed E-state index contributed by atoms with van der Waals surface area (Å²) in [6.45, 7) is 7.47. The van der Waals surface area contributed by atoms with Crippen LogP contribution in [0.3, 0.4) is 0 Å². The molecule has 1 atom stereocenters. The average molecular weight is 578 g/mol. The minimum absolute atomic E-state index is 0.220. The number of hydrogen-bond donors (Lipinski definition) is 1. The number of carbonyl (C=O) groups excluding carboxylic acids is 1. The van der Waals surface area contributed by atoms with Gasteiger partial charge in [-0.3, -0.25) is 9.36 Å². The summed E-state index contributed by atoms with van der Waals surface area (Å²) in [6, 6.07) is 23.0. The first-order valence-electron chi connectivity index (χ1n) is 13.8. The smallest absolute Gasteiger partial charge is 0.338 e. The molecular weight excluding hydrogens is 546 g/mol. The van der Waals surface area contributed by atoms with Gasteiger partial charge in [0.2, 0.25) is 0 Å². The first kappa shape index (κ1) is 27.5. The van der Waals surface area contributed by atoms with Crippen LogP contribution in [0, 0.1) is 6.92 Å². The lowest BCUT2D eigenvalue weighted by Crippen LogP contribution is -2.40. The van der Waals surface area contributed by atoms with E-state index in [-0.39, 0.29) is 11.7 Å². The fraction of sp³-hybridized carbons (Fsp3) is 0.206. The Labute approximate surface area is 247 Å². The Hall–Kier alpha value is -4.69. The molecule has 0 aliphatic carbocycles. The number of thiazole rings is 1. The van der Waals surface area contributed by atoms with Gasteiger partial charge in [-0.2, -0.15) is 0 Å². The number of aromatic amines is 1. The van der Waals surface area contributed by atoms with Gasteiger partial charge < -0.3 is 14.5 Å². The molecule has 3 aromatic carbocycles. The van der Waals surface area contributed by atoms with Gasteiger partial charge in [-0.05, 0) is 62.6 Å². The summed E-state index contributed by atoms with van der Waals surface area (Å²) >= 11 is 1.32. The summed E-state index contributed by atoms with van der Waals surface area (Å²) in [5.41, 5.74) is 6.47. The number of para-hydroxylation sites is 1. The monoisotopic (exact) mass is 577 g/mol. The van der Waals surface area contributed by atoms with Gasteiger partial charge in [-0.1, -0.05) is 72.0 Å². The van der Waals surface area contributed by atoms with Crippen LogP contribution in [-0.2, 0) is 9.53 Å². The number of ether oxygens (including phenoxy) is 2. The fourth-order valence-corrected chi connectivity index (χ4v) is 6.49. The summed E-state index contributed by atoms with van der Waals surface area (Å²) < 4.78 is 13.1. The van der Waals surface area contributed by atoms with Gasteiger partial charge in [0.15, 0.2) is 4.80 Å². The highest BCUT2D eigenvalue weighted by Gasteiger charge is 2.34. The van der Waals surface area contributed by atoms with Crippen molar-refractivity contribution < 1.29 is 14.3 Å². The molecule has 42 heavy (non-hydrogen) atoms. The third kappa shape index (κ3) is 4.77. The number of hydrogen-bond acceptors (Lipinski definition) is 6. The maximum atomic E-state index is 14.3. The molecule has 3 heterocycles. The molecule has 0 saturated heterocycles. The van der Waals surface area contributed by atoms with Crippen LogP contribution in [0.2, 0.25) is 0 Å². The quantitative estimate of drug-likeness (QED) is 0.264. The molecule has 0 saturated carbocycles. The van der Waals surface area contributed by atoms with Gasteiger partial charge >= 0.3 is 5.97 Å². The van der Waals surface area contributed by atoms with E-state index in [1.54, 1.807) is 32.4 Å². The Balaban J connectivity index is 1.60. The zero-order valence-electron chi connectivity index (χ0n) is 24.1. The van der Waals surface area contributed by atoms with Crippen LogP contribution in [0.25, 0.3) is 28.2 Å². The van der Waals surface area contributed by atoms with Gasteiger partial charge in [0.1, 0.15) is 5.75 Å². The molecule has 0 bridgehead atoms. The number of rotatable bonds is 6. The van der Waals surface area contributed by atoms with E-state index < -0.39 is 12.0 Å². The zero-order chi connectivity index (χ0) is 29.5. The normalized spacial score (nSPS) is 15.2. The van der Waals surface area contributed by atoms with Crippen molar-refractivity contribution in [2.75, 3.05) is 7.11 Å². The van der Waals surface area contributed by atoms with E-state index in [4.69, 9.17) is 14.5 Å². The first-order chi connectivity index (χ1) is 20.3. The van der Waals surface area contributed by atoms with Gasteiger partial charge in [0.05, 0.1) is 40.8 Å². The fourth-order valence-electron chi connectivity index (χ4n) is 5.46. The molecule has 0 amide bonds. The molecule has 0 unspecified atom stereocenters. The molecule has 212 valence electrons. The summed E-state index contributed by atoms with van der Waals surface area (Å²) in [4.78, 5) is 36.5. The zero-order valence-corrected chi connectivity index (χ0v) is 24.9. The number of aromatic nitrogens is 2. The van der Waals surface area contributed by atoms with E-state index in [1.165, 1.54) is 11.3 Å². The van der Waals surface area contributed by atoms with Crippen molar-refractivity contribution in [3.63, 3.8) is 0 Å². The molecule has 2 aromatic heterocycles. The van der Waals surface area contributed by atoms with E-state index in [1.807, 2.05) is 54.6 Å². The number of fused-ring (bicyclic) bond motifs is 2. The first-order valence-corrected chi connectivity index (χ1v) is 14.6. The number of esters is 1. The van der Waals surface area contributed by atoms with Crippen LogP contribution in [0.1, 0.15) is 43.5 Å². The predicted octanol–water partition coefficient (Wildman–Crippen LogP) is 5.65. The van der Waals surface area contributed by atoms with Gasteiger partial charge in [0.25, 0.3) is 5.56 Å². The maximum Gasteiger partial charge on any atom is 0.338 e. The molecule has 1 N–H and O–H groups in total. The Morgan fingerprint density at radius 1 is 1.02 bits per heavy atom. The van der Waals surface area contributed by atoms with E-state index in [2.05, 4.69) is 36.2 Å². The summed E-state index contributed by atoms with van der Waals surface area (Å²) in [7, 11) is 1.60. The van der Waals surface area contributed by atoms with Gasteiger partial charge in [-0.25, -0.2) is 9.79 Å². The maximum absolute atomic E-state index is 14.3. The number of nitrogens with zero attached hydrogens (tertiary/aromatic N) is 2. The van der Waals surface area contributed by atoms with Crippen molar-refractivity contribution in [3.8, 4) is 17.0 Å². The van der Waals surface area contributed by atoms with Gasteiger partial charge in [-0.15, -0.1) is 0 Å². The summed E-state index contributed by atoms with van der Waals surface area (Å²) in [5.74, 6) is 0.195. The van der Waals surface area contributed by atoms with Crippen LogP contribution in [0.15, 0.2) is 93.9 Å². The van der Waals surface area contributed by atoms with E-state index in [0.717, 1.165) is 38.9 Å². The van der Waals surface area contributed by atoms with E-state index in [0.29, 0.717) is 26.4 Å². The molecule has 1 aliphatic rings. The number of aryl methyl sites for hydroxylation is 1. The molecule has 0 fully saturated rings. The molecule has 1 aliphatic heterocycles. The number of allylic oxidation sites excluding steroid dienone is 1. The number of H-pyrrole nitrogens is 1. The highest BCUT2D eigenvalue weighted by atomic mass is 32.1. The average Bonchev–Trinajstić information content (AvgIpc) is 3.50. The van der Waals surface area contributed by atoms with E-state index >= 15 is 0 Å². The molecule has 0 spiro atoms. The van der Waals surface area contributed by atoms with Crippen molar-refractivity contribution in [3.05, 3.63) is 120 Å². The lowest BCUT2D eigenvalue weighted by atomic mass is 9.96. The number of carbonyl (C=O) groups is 1. The Bertz CT molecular complexity index is 2030. The second-order valence-electron chi connectivity index (χ2n) is 10.6. The Morgan fingerprint density at radius 2 is 1.76 bits per heavy atom.